The smallest absolute Gasteiger partial charge is 0.335 e. The van der Waals surface area contributed by atoms with E-state index in [1.54, 1.807) is 18.2 Å². The quantitative estimate of drug-likeness (QED) is 0.813. The third-order valence-electron chi connectivity index (χ3n) is 3.99. The van der Waals surface area contributed by atoms with Crippen molar-refractivity contribution in [1.29, 1.82) is 0 Å². The van der Waals surface area contributed by atoms with Crippen LogP contribution in [0.3, 0.4) is 0 Å². The minimum absolute atomic E-state index is 0.162. The predicted molar refractivity (Wildman–Crippen MR) is 82.8 cm³/mol. The van der Waals surface area contributed by atoms with E-state index in [4.69, 9.17) is 5.11 Å². The zero-order valence-corrected chi connectivity index (χ0v) is 12.6. The van der Waals surface area contributed by atoms with Crippen LogP contribution in [0.2, 0.25) is 0 Å². The molecule has 1 aromatic carbocycles. The number of unbranched alkanes of at least 4 members (excludes halogenated alkanes) is 3. The average Bonchev–Trinajstić information content (AvgIpc) is 2.50. The lowest BCUT2D eigenvalue weighted by Gasteiger charge is -2.29. The molecule has 1 N–H and O–H groups in total. The van der Waals surface area contributed by atoms with E-state index in [9.17, 15) is 9.59 Å². The Balaban J connectivity index is 2.07. The van der Waals surface area contributed by atoms with Crippen molar-refractivity contribution in [3.8, 4) is 0 Å². The summed E-state index contributed by atoms with van der Waals surface area (Å²) in [6.07, 6.45) is 6.70. The van der Waals surface area contributed by atoms with Crippen LogP contribution < -0.4 is 4.90 Å². The highest BCUT2D eigenvalue weighted by Gasteiger charge is 2.22. The summed E-state index contributed by atoms with van der Waals surface area (Å²) in [6, 6.07) is 5.07. The van der Waals surface area contributed by atoms with Crippen LogP contribution in [0.5, 0.6) is 0 Å². The van der Waals surface area contributed by atoms with Gasteiger partial charge < -0.3 is 10.0 Å². The molecule has 0 unspecified atom stereocenters. The standard InChI is InChI=1S/C17H23NO3/c1-2-3-4-5-8-16(19)18-11-6-7-13-12-14(17(20)21)9-10-15(13)18/h9-10,12H,2-8,11H2,1H3,(H,20,21). The second kappa shape index (κ2) is 7.25. The van der Waals surface area contributed by atoms with Gasteiger partial charge in [-0.3, -0.25) is 4.79 Å². The van der Waals surface area contributed by atoms with Gasteiger partial charge in [0.25, 0.3) is 0 Å². The number of aryl methyl sites for hydroxylation is 1. The number of rotatable bonds is 6. The zero-order valence-electron chi connectivity index (χ0n) is 12.6. The van der Waals surface area contributed by atoms with Crippen molar-refractivity contribution in [3.63, 3.8) is 0 Å². The van der Waals surface area contributed by atoms with E-state index in [-0.39, 0.29) is 5.91 Å². The Morgan fingerprint density at radius 1 is 1.24 bits per heavy atom. The second-order valence-electron chi connectivity index (χ2n) is 5.61. The van der Waals surface area contributed by atoms with E-state index in [0.717, 1.165) is 43.5 Å². The average molecular weight is 289 g/mol. The number of hydrogen-bond donors (Lipinski definition) is 1. The summed E-state index contributed by atoms with van der Waals surface area (Å²) in [5.41, 5.74) is 2.17. The number of carboxylic acid groups (broad SMARTS) is 1. The fourth-order valence-electron chi connectivity index (χ4n) is 2.83. The van der Waals surface area contributed by atoms with Crippen molar-refractivity contribution in [2.75, 3.05) is 11.4 Å². The fraction of sp³-hybridized carbons (Fsp3) is 0.529. The normalized spacial score (nSPS) is 13.9. The Bertz CT molecular complexity index is 525. The van der Waals surface area contributed by atoms with Crippen LogP contribution in [0.1, 0.15) is 61.4 Å². The summed E-state index contributed by atoms with van der Waals surface area (Å²) in [5.74, 6) is -0.754. The maximum atomic E-state index is 12.4. The lowest BCUT2D eigenvalue weighted by Crippen LogP contribution is -2.35. The van der Waals surface area contributed by atoms with Gasteiger partial charge in [0.15, 0.2) is 0 Å². The van der Waals surface area contributed by atoms with Gasteiger partial charge in [-0.2, -0.15) is 0 Å². The van der Waals surface area contributed by atoms with Gasteiger partial charge in [-0.25, -0.2) is 4.79 Å². The molecule has 0 aromatic heterocycles. The van der Waals surface area contributed by atoms with Gasteiger partial charge in [-0.1, -0.05) is 26.2 Å². The topological polar surface area (TPSA) is 57.6 Å². The van der Waals surface area contributed by atoms with Crippen molar-refractivity contribution in [2.24, 2.45) is 0 Å². The fourth-order valence-corrected chi connectivity index (χ4v) is 2.83. The molecular formula is C17H23NO3. The summed E-state index contributed by atoms with van der Waals surface area (Å²) >= 11 is 0. The Kier molecular flexibility index (Phi) is 5.37. The lowest BCUT2D eigenvalue weighted by atomic mass is 9.98. The minimum Gasteiger partial charge on any atom is -0.478 e. The monoisotopic (exact) mass is 289 g/mol. The van der Waals surface area contributed by atoms with E-state index < -0.39 is 5.97 Å². The van der Waals surface area contributed by atoms with Crippen molar-refractivity contribution < 1.29 is 14.7 Å². The molecule has 0 fully saturated rings. The molecule has 0 bridgehead atoms. The lowest BCUT2D eigenvalue weighted by molar-refractivity contribution is -0.118. The number of hydrogen-bond acceptors (Lipinski definition) is 2. The molecule has 1 aliphatic heterocycles. The Labute approximate surface area is 125 Å². The zero-order chi connectivity index (χ0) is 15.2. The molecule has 1 amide bonds. The van der Waals surface area contributed by atoms with Gasteiger partial charge in [0.05, 0.1) is 5.56 Å². The summed E-state index contributed by atoms with van der Waals surface area (Å²) < 4.78 is 0. The second-order valence-corrected chi connectivity index (χ2v) is 5.61. The Morgan fingerprint density at radius 3 is 2.76 bits per heavy atom. The van der Waals surface area contributed by atoms with Gasteiger partial charge in [0.2, 0.25) is 5.91 Å². The molecule has 0 radical (unpaired) electrons. The first-order valence-corrected chi connectivity index (χ1v) is 7.80. The van der Waals surface area contributed by atoms with Crippen LogP contribution in [-0.4, -0.2) is 23.5 Å². The van der Waals surface area contributed by atoms with Crippen molar-refractivity contribution in [2.45, 2.75) is 51.9 Å². The molecule has 1 aromatic rings. The van der Waals surface area contributed by atoms with Crippen LogP contribution in [0.4, 0.5) is 5.69 Å². The predicted octanol–water partition coefficient (Wildman–Crippen LogP) is 3.63. The number of nitrogens with zero attached hydrogens (tertiary/aromatic N) is 1. The van der Waals surface area contributed by atoms with E-state index in [1.807, 2.05) is 4.90 Å². The van der Waals surface area contributed by atoms with Gasteiger partial charge in [0, 0.05) is 18.7 Å². The number of carboxylic acids is 1. The maximum absolute atomic E-state index is 12.4. The molecule has 0 saturated carbocycles. The molecule has 1 heterocycles. The van der Waals surface area contributed by atoms with Crippen molar-refractivity contribution in [3.05, 3.63) is 29.3 Å². The summed E-state index contributed by atoms with van der Waals surface area (Å²) in [4.78, 5) is 25.2. The van der Waals surface area contributed by atoms with E-state index >= 15 is 0 Å². The molecule has 0 atom stereocenters. The molecular weight excluding hydrogens is 266 g/mol. The van der Waals surface area contributed by atoms with Gasteiger partial charge in [-0.15, -0.1) is 0 Å². The molecule has 1 aliphatic rings. The number of amides is 1. The molecule has 4 nitrogen and oxygen atoms in total. The SMILES string of the molecule is CCCCCCC(=O)N1CCCc2cc(C(=O)O)ccc21. The van der Waals surface area contributed by atoms with Crippen LogP contribution in [0, 0.1) is 0 Å². The molecule has 4 heteroatoms. The third kappa shape index (κ3) is 3.84. The number of aromatic carboxylic acids is 1. The highest BCUT2D eigenvalue weighted by atomic mass is 16.4. The van der Waals surface area contributed by atoms with Crippen LogP contribution in [0.25, 0.3) is 0 Å². The number of anilines is 1. The van der Waals surface area contributed by atoms with Gasteiger partial charge in [0.1, 0.15) is 0 Å². The summed E-state index contributed by atoms with van der Waals surface area (Å²) in [5, 5.41) is 9.05. The molecule has 2 rings (SSSR count). The van der Waals surface area contributed by atoms with Gasteiger partial charge in [-0.05, 0) is 43.0 Å². The van der Waals surface area contributed by atoms with Crippen LogP contribution in [-0.2, 0) is 11.2 Å². The van der Waals surface area contributed by atoms with E-state index in [0.29, 0.717) is 12.0 Å². The molecule has 0 aliphatic carbocycles. The van der Waals surface area contributed by atoms with E-state index in [1.165, 1.54) is 12.8 Å². The third-order valence-corrected chi connectivity index (χ3v) is 3.99. The van der Waals surface area contributed by atoms with Crippen LogP contribution >= 0.6 is 0 Å². The number of benzene rings is 1. The van der Waals surface area contributed by atoms with Gasteiger partial charge >= 0.3 is 5.97 Å². The molecule has 0 spiro atoms. The minimum atomic E-state index is -0.916. The largest absolute Gasteiger partial charge is 0.478 e. The molecule has 0 saturated heterocycles. The molecule has 114 valence electrons. The summed E-state index contributed by atoms with van der Waals surface area (Å²) in [6.45, 7) is 2.90. The van der Waals surface area contributed by atoms with Crippen LogP contribution in [0.15, 0.2) is 18.2 Å². The number of carbonyl (C=O) groups is 2. The Morgan fingerprint density at radius 2 is 2.05 bits per heavy atom. The summed E-state index contributed by atoms with van der Waals surface area (Å²) in [7, 11) is 0. The van der Waals surface area contributed by atoms with E-state index in [2.05, 4.69) is 6.92 Å². The highest BCUT2D eigenvalue weighted by Crippen LogP contribution is 2.29. The first-order valence-electron chi connectivity index (χ1n) is 7.80. The van der Waals surface area contributed by atoms with Crippen molar-refractivity contribution in [1.82, 2.24) is 0 Å². The maximum Gasteiger partial charge on any atom is 0.335 e. The highest BCUT2D eigenvalue weighted by molar-refractivity contribution is 5.96. The number of carbonyl (C=O) groups excluding carboxylic acids is 1. The number of fused-ring (bicyclic) bond motifs is 1. The first-order chi connectivity index (χ1) is 10.1. The first kappa shape index (κ1) is 15.5. The van der Waals surface area contributed by atoms with Crippen molar-refractivity contribution >= 4 is 17.6 Å². The molecule has 21 heavy (non-hydrogen) atoms. The Hall–Kier alpha value is -1.84.